The van der Waals surface area contributed by atoms with Gasteiger partial charge < -0.3 is 5.11 Å². The molecule has 0 saturated carbocycles. The molecule has 1 aliphatic rings. The molecule has 3 nitrogen and oxygen atoms in total. The molecule has 17 heavy (non-hydrogen) atoms. The first kappa shape index (κ1) is 12.3. The largest absolute Gasteiger partial charge is 0.390 e. The fourth-order valence-electron chi connectivity index (χ4n) is 1.84. The van der Waals surface area contributed by atoms with Gasteiger partial charge >= 0.3 is 0 Å². The molecule has 0 amide bonds. The van der Waals surface area contributed by atoms with Crippen LogP contribution in [-0.4, -0.2) is 19.1 Å². The van der Waals surface area contributed by atoms with Gasteiger partial charge in [0.05, 0.1) is 15.4 Å². The van der Waals surface area contributed by atoms with Crippen LogP contribution in [0, 0.1) is 5.82 Å². The minimum absolute atomic E-state index is 0.0169. The number of sulfone groups is 1. The topological polar surface area (TPSA) is 54.4 Å². The molecular formula is C12H13FO3S. The molecule has 0 fully saturated rings. The first-order valence-corrected chi connectivity index (χ1v) is 6.67. The molecule has 0 aromatic heterocycles. The van der Waals surface area contributed by atoms with E-state index in [1.807, 2.05) is 0 Å². The second-order valence-corrected chi connectivity index (χ2v) is 6.73. The maximum absolute atomic E-state index is 13.5. The van der Waals surface area contributed by atoms with Crippen molar-refractivity contribution in [1.82, 2.24) is 0 Å². The fraction of sp³-hybridized carbons (Fsp3) is 0.333. The van der Waals surface area contributed by atoms with Crippen LogP contribution in [0.15, 0.2) is 28.0 Å². The maximum Gasteiger partial charge on any atom is 0.203 e. The van der Waals surface area contributed by atoms with Crippen LogP contribution in [0.25, 0.3) is 6.08 Å². The van der Waals surface area contributed by atoms with Crippen molar-refractivity contribution in [1.29, 1.82) is 0 Å². The van der Waals surface area contributed by atoms with Crippen LogP contribution >= 0.6 is 0 Å². The summed E-state index contributed by atoms with van der Waals surface area (Å²) in [6, 6.07) is 3.96. The molecule has 1 aromatic carbocycles. The van der Waals surface area contributed by atoms with Crippen LogP contribution in [-0.2, 0) is 9.84 Å². The molecule has 0 aliphatic carbocycles. The summed E-state index contributed by atoms with van der Waals surface area (Å²) in [6.45, 7) is 3.03. The van der Waals surface area contributed by atoms with Gasteiger partial charge in [0.2, 0.25) is 9.84 Å². The van der Waals surface area contributed by atoms with E-state index in [1.54, 1.807) is 0 Å². The summed E-state index contributed by atoms with van der Waals surface area (Å²) in [7, 11) is -3.64. The average molecular weight is 256 g/mol. The lowest BCUT2D eigenvalue weighted by molar-refractivity contribution is 0.0829. The molecule has 1 heterocycles. The van der Waals surface area contributed by atoms with Crippen LogP contribution in [0.5, 0.6) is 0 Å². The summed E-state index contributed by atoms with van der Waals surface area (Å²) in [6.07, 6.45) is 1.28. The third kappa shape index (κ3) is 2.12. The van der Waals surface area contributed by atoms with E-state index in [1.165, 1.54) is 38.1 Å². The Morgan fingerprint density at radius 1 is 1.35 bits per heavy atom. The van der Waals surface area contributed by atoms with Crippen molar-refractivity contribution in [3.05, 3.63) is 34.5 Å². The summed E-state index contributed by atoms with van der Waals surface area (Å²) in [5.41, 5.74) is -1.05. The lowest BCUT2D eigenvalue weighted by atomic mass is 10.0. The lowest BCUT2D eigenvalue weighted by Gasteiger charge is -2.17. The third-order valence-electron chi connectivity index (χ3n) is 2.56. The SMILES string of the molecule is CC(C)(O)CC1=Cc2c(F)cccc2S1(=O)=O. The molecule has 5 heteroatoms. The van der Waals surface area contributed by atoms with Crippen molar-refractivity contribution < 1.29 is 17.9 Å². The van der Waals surface area contributed by atoms with E-state index < -0.39 is 21.3 Å². The molecule has 0 radical (unpaired) electrons. The summed E-state index contributed by atoms with van der Waals surface area (Å²) in [5.74, 6) is -0.558. The molecule has 1 aromatic rings. The van der Waals surface area contributed by atoms with E-state index in [2.05, 4.69) is 0 Å². The molecule has 0 atom stereocenters. The summed E-state index contributed by atoms with van der Waals surface area (Å²) in [5, 5.41) is 9.66. The highest BCUT2D eigenvalue weighted by atomic mass is 32.2. The van der Waals surface area contributed by atoms with Gasteiger partial charge in [-0.2, -0.15) is 0 Å². The number of hydrogen-bond acceptors (Lipinski definition) is 3. The van der Waals surface area contributed by atoms with Crippen molar-refractivity contribution >= 4 is 15.9 Å². The number of hydrogen-bond donors (Lipinski definition) is 1. The highest BCUT2D eigenvalue weighted by Gasteiger charge is 2.33. The van der Waals surface area contributed by atoms with Gasteiger partial charge in [0.25, 0.3) is 0 Å². The van der Waals surface area contributed by atoms with E-state index in [9.17, 15) is 17.9 Å². The lowest BCUT2D eigenvalue weighted by Crippen LogP contribution is -2.21. The number of benzene rings is 1. The minimum atomic E-state index is -3.64. The van der Waals surface area contributed by atoms with Crippen LogP contribution in [0.3, 0.4) is 0 Å². The smallest absolute Gasteiger partial charge is 0.203 e. The summed E-state index contributed by atoms with van der Waals surface area (Å²) >= 11 is 0. The van der Waals surface area contributed by atoms with E-state index in [0.717, 1.165) is 0 Å². The Morgan fingerprint density at radius 2 is 2.00 bits per heavy atom. The Balaban J connectivity index is 2.55. The van der Waals surface area contributed by atoms with Gasteiger partial charge in [-0.25, -0.2) is 12.8 Å². The Hall–Kier alpha value is -1.20. The van der Waals surface area contributed by atoms with Gasteiger partial charge in [0.15, 0.2) is 0 Å². The molecule has 0 saturated heterocycles. The van der Waals surface area contributed by atoms with E-state index in [-0.39, 0.29) is 21.8 Å². The van der Waals surface area contributed by atoms with Gasteiger partial charge in [0, 0.05) is 12.0 Å². The van der Waals surface area contributed by atoms with Crippen molar-refractivity contribution in [3.8, 4) is 0 Å². The molecule has 92 valence electrons. The second kappa shape index (κ2) is 3.65. The monoisotopic (exact) mass is 256 g/mol. The number of aliphatic hydroxyl groups is 1. The zero-order valence-electron chi connectivity index (χ0n) is 9.57. The second-order valence-electron chi connectivity index (χ2n) is 4.75. The normalized spacial score (nSPS) is 17.8. The van der Waals surface area contributed by atoms with Crippen LogP contribution < -0.4 is 0 Å². The Bertz CT molecular complexity index is 595. The highest BCUT2D eigenvalue weighted by Crippen LogP contribution is 2.37. The zero-order valence-corrected chi connectivity index (χ0v) is 10.4. The molecule has 0 spiro atoms. The molecule has 0 unspecified atom stereocenters. The highest BCUT2D eigenvalue weighted by molar-refractivity contribution is 7.95. The number of fused-ring (bicyclic) bond motifs is 1. The van der Waals surface area contributed by atoms with Crippen LogP contribution in [0.1, 0.15) is 25.8 Å². The van der Waals surface area contributed by atoms with Gasteiger partial charge in [-0.15, -0.1) is 0 Å². The van der Waals surface area contributed by atoms with E-state index in [4.69, 9.17) is 0 Å². The van der Waals surface area contributed by atoms with Crippen LogP contribution in [0.2, 0.25) is 0 Å². The molecule has 2 rings (SSSR count). The Morgan fingerprint density at radius 3 is 2.53 bits per heavy atom. The van der Waals surface area contributed by atoms with Crippen molar-refractivity contribution in [2.24, 2.45) is 0 Å². The standard InChI is InChI=1S/C12H13FO3S/c1-12(2,14)7-8-6-9-10(13)4-3-5-11(9)17(8,15)16/h3-6,14H,7H2,1-2H3. The van der Waals surface area contributed by atoms with Gasteiger partial charge in [0.1, 0.15) is 5.82 Å². The van der Waals surface area contributed by atoms with Gasteiger partial charge in [-0.3, -0.25) is 0 Å². The van der Waals surface area contributed by atoms with Crippen molar-refractivity contribution in [2.45, 2.75) is 30.8 Å². The Kier molecular flexibility index (Phi) is 2.63. The van der Waals surface area contributed by atoms with Crippen LogP contribution in [0.4, 0.5) is 4.39 Å². The molecule has 0 bridgehead atoms. The average Bonchev–Trinajstić information content (AvgIpc) is 2.39. The summed E-state index contributed by atoms with van der Waals surface area (Å²) in [4.78, 5) is 0.0434. The zero-order chi connectivity index (χ0) is 12.8. The number of rotatable bonds is 2. The van der Waals surface area contributed by atoms with Gasteiger partial charge in [-0.1, -0.05) is 6.07 Å². The summed E-state index contributed by atoms with van der Waals surface area (Å²) < 4.78 is 37.6. The Labute approximate surface area is 99.5 Å². The first-order valence-electron chi connectivity index (χ1n) is 5.18. The predicted molar refractivity (Wildman–Crippen MR) is 62.5 cm³/mol. The number of halogens is 1. The van der Waals surface area contributed by atoms with Crippen molar-refractivity contribution in [3.63, 3.8) is 0 Å². The molecule has 1 aliphatic heterocycles. The molecule has 1 N–H and O–H groups in total. The third-order valence-corrected chi connectivity index (χ3v) is 4.45. The van der Waals surface area contributed by atoms with Gasteiger partial charge in [-0.05, 0) is 32.1 Å². The maximum atomic E-state index is 13.5. The van der Waals surface area contributed by atoms with E-state index in [0.29, 0.717) is 0 Å². The minimum Gasteiger partial charge on any atom is -0.390 e. The van der Waals surface area contributed by atoms with E-state index >= 15 is 0 Å². The molecular weight excluding hydrogens is 243 g/mol. The quantitative estimate of drug-likeness (QED) is 0.881. The predicted octanol–water partition coefficient (Wildman–Crippen LogP) is 2.11. The fourth-order valence-corrected chi connectivity index (χ4v) is 3.65. The first-order chi connectivity index (χ1) is 7.72. The van der Waals surface area contributed by atoms with Crippen molar-refractivity contribution in [2.75, 3.05) is 0 Å².